The maximum atomic E-state index is 11.9. The van der Waals surface area contributed by atoms with Crippen LogP contribution in [0.15, 0.2) is 22.7 Å². The molecule has 1 unspecified atom stereocenters. The summed E-state index contributed by atoms with van der Waals surface area (Å²) in [7, 11) is 1.63. The van der Waals surface area contributed by atoms with Crippen LogP contribution in [0.5, 0.6) is 0 Å². The Morgan fingerprint density at radius 1 is 1.40 bits per heavy atom. The molecule has 110 valence electrons. The molecule has 1 atom stereocenters. The summed E-state index contributed by atoms with van der Waals surface area (Å²) < 4.78 is 5.73. The third-order valence-electron chi connectivity index (χ3n) is 2.79. The summed E-state index contributed by atoms with van der Waals surface area (Å²) in [6.45, 7) is 5.16. The molecule has 0 aromatic heterocycles. The van der Waals surface area contributed by atoms with Gasteiger partial charge in [-0.2, -0.15) is 0 Å². The van der Waals surface area contributed by atoms with E-state index in [1.165, 1.54) is 11.0 Å². The number of carbonyl (C=O) groups excluding carboxylic acids is 1. The van der Waals surface area contributed by atoms with Crippen LogP contribution < -0.4 is 4.90 Å². The van der Waals surface area contributed by atoms with Crippen LogP contribution in [0.1, 0.15) is 20.8 Å². The van der Waals surface area contributed by atoms with Crippen molar-refractivity contribution in [3.8, 4) is 0 Å². The van der Waals surface area contributed by atoms with Gasteiger partial charge in [-0.25, -0.2) is 4.79 Å². The molecule has 1 aromatic rings. The minimum Gasteiger partial charge on any atom is -0.461 e. The van der Waals surface area contributed by atoms with E-state index < -0.39 is 16.9 Å². The molecular weight excluding hydrogens is 328 g/mol. The number of carbonyl (C=O) groups is 1. The van der Waals surface area contributed by atoms with Crippen molar-refractivity contribution in [2.75, 3.05) is 11.9 Å². The number of nitro groups is 1. The Hall–Kier alpha value is -1.63. The number of likely N-dealkylation sites (N-methyl/N-ethyl adjacent to an activating group) is 1. The summed E-state index contributed by atoms with van der Waals surface area (Å²) in [5.41, 5.74) is 0.303. The zero-order valence-corrected chi connectivity index (χ0v) is 13.4. The van der Waals surface area contributed by atoms with Crippen LogP contribution in [-0.4, -0.2) is 30.1 Å². The molecule has 0 aliphatic carbocycles. The molecule has 7 heteroatoms. The molecule has 1 rings (SSSR count). The van der Waals surface area contributed by atoms with E-state index in [0.29, 0.717) is 10.2 Å². The van der Waals surface area contributed by atoms with Crippen molar-refractivity contribution >= 4 is 33.3 Å². The third kappa shape index (κ3) is 3.93. The molecule has 0 N–H and O–H groups in total. The summed E-state index contributed by atoms with van der Waals surface area (Å²) in [6, 6.07) is 4.09. The lowest BCUT2D eigenvalue weighted by molar-refractivity contribution is -0.384. The van der Waals surface area contributed by atoms with Crippen LogP contribution in [-0.2, 0) is 9.53 Å². The second kappa shape index (κ2) is 6.69. The first-order valence-electron chi connectivity index (χ1n) is 6.11. The zero-order valence-electron chi connectivity index (χ0n) is 11.8. The van der Waals surface area contributed by atoms with E-state index in [2.05, 4.69) is 15.9 Å². The summed E-state index contributed by atoms with van der Waals surface area (Å²) in [5.74, 6) is -0.417. The number of hydrogen-bond acceptors (Lipinski definition) is 5. The van der Waals surface area contributed by atoms with E-state index in [0.717, 1.165) is 0 Å². The van der Waals surface area contributed by atoms with Crippen molar-refractivity contribution in [1.82, 2.24) is 0 Å². The van der Waals surface area contributed by atoms with Crippen LogP contribution in [0, 0.1) is 10.1 Å². The zero-order chi connectivity index (χ0) is 15.4. The predicted molar refractivity (Wildman–Crippen MR) is 79.9 cm³/mol. The van der Waals surface area contributed by atoms with E-state index >= 15 is 0 Å². The lowest BCUT2D eigenvalue weighted by Crippen LogP contribution is -2.38. The van der Waals surface area contributed by atoms with Gasteiger partial charge in [0.25, 0.3) is 5.69 Å². The number of rotatable bonds is 5. The summed E-state index contributed by atoms with van der Waals surface area (Å²) >= 11 is 3.20. The molecule has 0 saturated heterocycles. The van der Waals surface area contributed by atoms with Gasteiger partial charge in [-0.3, -0.25) is 10.1 Å². The summed E-state index contributed by atoms with van der Waals surface area (Å²) in [6.07, 6.45) is -0.224. The number of anilines is 1. The highest BCUT2D eigenvalue weighted by atomic mass is 79.9. The number of hydrogen-bond donors (Lipinski definition) is 0. The fourth-order valence-corrected chi connectivity index (χ4v) is 1.99. The molecule has 0 bridgehead atoms. The van der Waals surface area contributed by atoms with Crippen molar-refractivity contribution in [1.29, 1.82) is 0 Å². The Morgan fingerprint density at radius 2 is 2.00 bits per heavy atom. The Labute approximate surface area is 126 Å². The lowest BCUT2D eigenvalue weighted by atomic mass is 10.2. The topological polar surface area (TPSA) is 72.7 Å². The van der Waals surface area contributed by atoms with E-state index in [1.807, 2.05) is 0 Å². The average Bonchev–Trinajstić information content (AvgIpc) is 2.36. The fourth-order valence-electron chi connectivity index (χ4n) is 1.64. The molecule has 0 radical (unpaired) electrons. The first kappa shape index (κ1) is 16.4. The first-order valence-corrected chi connectivity index (χ1v) is 6.90. The van der Waals surface area contributed by atoms with Gasteiger partial charge in [0.2, 0.25) is 0 Å². The normalized spacial score (nSPS) is 12.1. The number of halogens is 1. The second-order valence-corrected chi connectivity index (χ2v) is 5.58. The maximum absolute atomic E-state index is 11.9. The molecule has 0 amide bonds. The maximum Gasteiger partial charge on any atom is 0.328 e. The molecular formula is C13H17BrN2O4. The van der Waals surface area contributed by atoms with Crippen molar-refractivity contribution < 1.29 is 14.5 Å². The van der Waals surface area contributed by atoms with E-state index in [1.54, 1.807) is 40.0 Å². The number of benzene rings is 1. The van der Waals surface area contributed by atoms with Gasteiger partial charge in [0.15, 0.2) is 0 Å². The van der Waals surface area contributed by atoms with E-state index in [4.69, 9.17) is 4.74 Å². The SMILES string of the molecule is CC(C)OC(=O)C(C)N(C)c1ccc(Br)cc1[N+](=O)[O-]. The average molecular weight is 345 g/mol. The quantitative estimate of drug-likeness (QED) is 0.466. The number of nitro benzene ring substituents is 1. The van der Waals surface area contributed by atoms with Gasteiger partial charge in [0.05, 0.1) is 11.0 Å². The van der Waals surface area contributed by atoms with Crippen LogP contribution >= 0.6 is 15.9 Å². The van der Waals surface area contributed by atoms with Gasteiger partial charge >= 0.3 is 5.97 Å². The van der Waals surface area contributed by atoms with Crippen LogP contribution in [0.2, 0.25) is 0 Å². The predicted octanol–water partition coefficient (Wildman–Crippen LogP) is 3.13. The van der Waals surface area contributed by atoms with Gasteiger partial charge in [0.1, 0.15) is 11.7 Å². The molecule has 0 aliphatic heterocycles. The van der Waals surface area contributed by atoms with Crippen LogP contribution in [0.3, 0.4) is 0 Å². The van der Waals surface area contributed by atoms with Crippen molar-refractivity contribution in [2.24, 2.45) is 0 Å². The Balaban J connectivity index is 3.05. The number of nitrogens with zero attached hydrogens (tertiary/aromatic N) is 2. The summed E-state index contributed by atoms with van der Waals surface area (Å²) in [5, 5.41) is 11.1. The highest BCUT2D eigenvalue weighted by Gasteiger charge is 2.26. The molecule has 0 spiro atoms. The Kier molecular flexibility index (Phi) is 5.50. The van der Waals surface area contributed by atoms with Crippen LogP contribution in [0.25, 0.3) is 0 Å². The molecule has 1 aromatic carbocycles. The highest BCUT2D eigenvalue weighted by molar-refractivity contribution is 9.10. The molecule has 0 saturated carbocycles. The molecule has 0 fully saturated rings. The van der Waals surface area contributed by atoms with Crippen molar-refractivity contribution in [3.05, 3.63) is 32.8 Å². The fraction of sp³-hybridized carbons (Fsp3) is 0.462. The second-order valence-electron chi connectivity index (χ2n) is 4.66. The van der Waals surface area contributed by atoms with Gasteiger partial charge in [0, 0.05) is 17.6 Å². The molecule has 6 nitrogen and oxygen atoms in total. The van der Waals surface area contributed by atoms with Crippen molar-refractivity contribution in [2.45, 2.75) is 32.9 Å². The minimum absolute atomic E-state index is 0.0638. The standard InChI is InChI=1S/C13H17BrN2O4/c1-8(2)20-13(17)9(3)15(4)11-6-5-10(14)7-12(11)16(18)19/h5-9H,1-4H3. The number of esters is 1. The van der Waals surface area contributed by atoms with Gasteiger partial charge in [-0.15, -0.1) is 0 Å². The molecule has 0 aliphatic rings. The monoisotopic (exact) mass is 344 g/mol. The number of ether oxygens (including phenoxy) is 1. The van der Waals surface area contributed by atoms with Crippen molar-refractivity contribution in [3.63, 3.8) is 0 Å². The van der Waals surface area contributed by atoms with E-state index in [9.17, 15) is 14.9 Å². The van der Waals surface area contributed by atoms with Crippen LogP contribution in [0.4, 0.5) is 11.4 Å². The largest absolute Gasteiger partial charge is 0.461 e. The van der Waals surface area contributed by atoms with E-state index in [-0.39, 0.29) is 11.8 Å². The molecule has 0 heterocycles. The smallest absolute Gasteiger partial charge is 0.328 e. The van der Waals surface area contributed by atoms with Gasteiger partial charge < -0.3 is 9.64 Å². The van der Waals surface area contributed by atoms with Gasteiger partial charge in [-0.05, 0) is 32.9 Å². The third-order valence-corrected chi connectivity index (χ3v) is 3.28. The Bertz CT molecular complexity index is 519. The first-order chi connectivity index (χ1) is 9.23. The Morgan fingerprint density at radius 3 is 2.50 bits per heavy atom. The van der Waals surface area contributed by atoms with Gasteiger partial charge in [-0.1, -0.05) is 15.9 Å². The highest BCUT2D eigenvalue weighted by Crippen LogP contribution is 2.31. The molecule has 20 heavy (non-hydrogen) atoms. The minimum atomic E-state index is -0.614. The summed E-state index contributed by atoms with van der Waals surface area (Å²) in [4.78, 5) is 24.0. The lowest BCUT2D eigenvalue weighted by Gasteiger charge is -2.25.